The predicted octanol–water partition coefficient (Wildman–Crippen LogP) is 5.72. The van der Waals surface area contributed by atoms with Gasteiger partial charge in [-0.15, -0.1) is 0 Å². The number of nitrogens with one attached hydrogen (secondary N) is 2. The Morgan fingerprint density at radius 2 is 1.98 bits per heavy atom. The molecular weight excluding hydrogens is 561 g/mol. The van der Waals surface area contributed by atoms with Crippen molar-refractivity contribution >= 4 is 51.6 Å². The Balaban J connectivity index is 1.13. The number of aromatic nitrogens is 2. The van der Waals surface area contributed by atoms with E-state index in [1.807, 2.05) is 6.08 Å². The van der Waals surface area contributed by atoms with Crippen molar-refractivity contribution in [3.05, 3.63) is 59.7 Å². The lowest BCUT2D eigenvalue weighted by molar-refractivity contribution is -0.137. The number of rotatable bonds is 10. The van der Waals surface area contributed by atoms with Crippen molar-refractivity contribution in [2.75, 3.05) is 43.5 Å². The van der Waals surface area contributed by atoms with E-state index in [4.69, 9.17) is 21.1 Å². The third-order valence-corrected chi connectivity index (χ3v) is 8.46. The summed E-state index contributed by atoms with van der Waals surface area (Å²) in [6, 6.07) is 7.93. The second-order valence-corrected chi connectivity index (χ2v) is 11.7. The minimum absolute atomic E-state index is 0.00173. The molecule has 3 fully saturated rings. The molecule has 2 aromatic carbocycles. The summed E-state index contributed by atoms with van der Waals surface area (Å²) in [5.74, 6) is 1.56. The van der Waals surface area contributed by atoms with Crippen molar-refractivity contribution in [1.29, 1.82) is 0 Å². The normalized spacial score (nSPS) is 19.8. The summed E-state index contributed by atoms with van der Waals surface area (Å²) >= 11 is 5.96. The molecule has 1 amide bonds. The number of piperidine rings is 1. The molecule has 3 aromatic rings. The average Bonchev–Trinajstić information content (AvgIpc) is 3.72. The van der Waals surface area contributed by atoms with Gasteiger partial charge in [0.25, 0.3) is 0 Å². The molecule has 0 radical (unpaired) electrons. The van der Waals surface area contributed by atoms with Gasteiger partial charge >= 0.3 is 5.97 Å². The first-order valence-corrected chi connectivity index (χ1v) is 14.8. The van der Waals surface area contributed by atoms with E-state index in [0.29, 0.717) is 77.8 Å². The zero-order valence-corrected chi connectivity index (χ0v) is 23.9. The third-order valence-electron chi connectivity index (χ3n) is 8.17. The van der Waals surface area contributed by atoms with E-state index in [-0.39, 0.29) is 16.9 Å². The van der Waals surface area contributed by atoms with E-state index in [2.05, 4.69) is 25.5 Å². The van der Waals surface area contributed by atoms with Crippen LogP contribution in [0.2, 0.25) is 5.02 Å². The van der Waals surface area contributed by atoms with Crippen molar-refractivity contribution in [3.63, 3.8) is 0 Å². The van der Waals surface area contributed by atoms with Gasteiger partial charge in [-0.3, -0.25) is 14.5 Å². The molecule has 42 heavy (non-hydrogen) atoms. The third kappa shape index (κ3) is 6.99. The highest BCUT2D eigenvalue weighted by Crippen LogP contribution is 2.36. The smallest absolute Gasteiger partial charge is 0.306 e. The first-order valence-electron chi connectivity index (χ1n) is 14.4. The molecule has 1 unspecified atom stereocenters. The van der Waals surface area contributed by atoms with E-state index < -0.39 is 5.82 Å². The number of nitrogens with zero attached hydrogens (tertiary/aromatic N) is 3. The second-order valence-electron chi connectivity index (χ2n) is 11.3. The topological polar surface area (TPSA) is 106 Å². The van der Waals surface area contributed by atoms with Crippen LogP contribution < -0.4 is 15.4 Å². The van der Waals surface area contributed by atoms with Crippen LogP contribution in [0.5, 0.6) is 5.75 Å². The number of cyclic esters (lactones) is 1. The van der Waals surface area contributed by atoms with Crippen LogP contribution in [0.25, 0.3) is 10.9 Å². The molecule has 2 N–H and O–H groups in total. The van der Waals surface area contributed by atoms with Gasteiger partial charge in [0.15, 0.2) is 0 Å². The fourth-order valence-electron chi connectivity index (χ4n) is 5.53. The van der Waals surface area contributed by atoms with E-state index in [9.17, 15) is 14.0 Å². The van der Waals surface area contributed by atoms with Crippen LogP contribution >= 0.6 is 11.6 Å². The van der Waals surface area contributed by atoms with E-state index >= 15 is 0 Å². The number of esters is 1. The molecule has 9 nitrogen and oxygen atoms in total. The number of carbonyl (C=O) groups is 2. The van der Waals surface area contributed by atoms with Crippen LogP contribution in [0.4, 0.5) is 21.6 Å². The quantitative estimate of drug-likeness (QED) is 0.227. The monoisotopic (exact) mass is 593 g/mol. The maximum absolute atomic E-state index is 13.7. The standard InChI is InChI=1S/C31H33ClFN5O4/c32-24-13-22(5-6-25(24)33)36-31-23-14-27(28(41-16-19-3-4-19)15-26(23)34-18-35-31)37-29(39)2-1-9-38-10-7-20(8-11-38)21-12-30(40)42-17-21/h1-2,5-6,13-15,18-21H,3-4,7-12,16-17H2,(H,37,39)(H,34,35,36)/b2-1+. The van der Waals surface area contributed by atoms with Gasteiger partial charge in [-0.2, -0.15) is 0 Å². The van der Waals surface area contributed by atoms with Gasteiger partial charge in [-0.05, 0) is 74.9 Å². The lowest BCUT2D eigenvalue weighted by Gasteiger charge is -2.33. The molecule has 2 aliphatic heterocycles. The Labute approximate surface area is 248 Å². The lowest BCUT2D eigenvalue weighted by Crippen LogP contribution is -2.36. The number of carbonyl (C=O) groups excluding carboxylic acids is 2. The number of benzene rings is 2. The number of fused-ring (bicyclic) bond motifs is 1. The second kappa shape index (κ2) is 12.6. The van der Waals surface area contributed by atoms with Gasteiger partial charge in [0.05, 0.1) is 35.9 Å². The first kappa shape index (κ1) is 28.4. The van der Waals surface area contributed by atoms with Crippen molar-refractivity contribution in [2.45, 2.75) is 32.1 Å². The average molecular weight is 594 g/mol. The summed E-state index contributed by atoms with van der Waals surface area (Å²) in [4.78, 5) is 35.5. The van der Waals surface area contributed by atoms with Crippen molar-refractivity contribution in [2.24, 2.45) is 17.8 Å². The number of hydrogen-bond acceptors (Lipinski definition) is 8. The molecule has 2 saturated heterocycles. The van der Waals surface area contributed by atoms with Crippen molar-refractivity contribution in [1.82, 2.24) is 14.9 Å². The summed E-state index contributed by atoms with van der Waals surface area (Å²) in [5, 5.41) is 6.80. The van der Waals surface area contributed by atoms with Crippen molar-refractivity contribution in [3.8, 4) is 5.75 Å². The zero-order chi connectivity index (χ0) is 29.1. The predicted molar refractivity (Wildman–Crippen MR) is 158 cm³/mol. The lowest BCUT2D eigenvalue weighted by atomic mass is 9.84. The van der Waals surface area contributed by atoms with Gasteiger partial charge in [0, 0.05) is 35.7 Å². The number of likely N-dealkylation sites (tertiary alicyclic amines) is 1. The number of anilines is 3. The minimum atomic E-state index is -0.508. The van der Waals surface area contributed by atoms with Gasteiger partial charge in [0.1, 0.15) is 23.7 Å². The van der Waals surface area contributed by atoms with Gasteiger partial charge in [0.2, 0.25) is 5.91 Å². The molecular formula is C31H33ClFN5O4. The number of halogens is 2. The molecule has 1 aliphatic carbocycles. The molecule has 1 atom stereocenters. The van der Waals surface area contributed by atoms with Crippen LogP contribution in [-0.2, 0) is 14.3 Å². The van der Waals surface area contributed by atoms with E-state index in [1.165, 1.54) is 18.5 Å². The van der Waals surface area contributed by atoms with Crippen LogP contribution in [0.15, 0.2) is 48.8 Å². The van der Waals surface area contributed by atoms with Crippen LogP contribution in [0.1, 0.15) is 32.1 Å². The largest absolute Gasteiger partial charge is 0.491 e. The highest BCUT2D eigenvalue weighted by molar-refractivity contribution is 6.31. The van der Waals surface area contributed by atoms with Crippen LogP contribution in [0.3, 0.4) is 0 Å². The highest BCUT2D eigenvalue weighted by Gasteiger charge is 2.33. The molecule has 3 heterocycles. The number of ether oxygens (including phenoxy) is 2. The molecule has 220 valence electrons. The van der Waals surface area contributed by atoms with Crippen LogP contribution in [0, 0.1) is 23.6 Å². The fraction of sp³-hybridized carbons (Fsp3) is 0.419. The maximum atomic E-state index is 13.7. The molecule has 1 aromatic heterocycles. The summed E-state index contributed by atoms with van der Waals surface area (Å²) < 4.78 is 24.9. The number of hydrogen-bond donors (Lipinski definition) is 2. The zero-order valence-electron chi connectivity index (χ0n) is 23.2. The van der Waals surface area contributed by atoms with Gasteiger partial charge in [-0.25, -0.2) is 14.4 Å². The number of amides is 1. The summed E-state index contributed by atoms with van der Waals surface area (Å²) in [6.45, 7) is 3.66. The summed E-state index contributed by atoms with van der Waals surface area (Å²) in [5.41, 5.74) is 1.72. The Morgan fingerprint density at radius 3 is 2.71 bits per heavy atom. The SMILES string of the molecule is O=C(/C=C/CN1CCC(C2COC(=O)C2)CC1)Nc1cc2c(Nc3ccc(F)c(Cl)c3)ncnc2cc1OCC1CC1. The molecule has 6 rings (SSSR count). The summed E-state index contributed by atoms with van der Waals surface area (Å²) in [6.07, 6.45) is 9.73. The van der Waals surface area contributed by atoms with E-state index in [0.717, 1.165) is 38.8 Å². The maximum Gasteiger partial charge on any atom is 0.306 e. The molecule has 0 spiro atoms. The molecule has 3 aliphatic rings. The highest BCUT2D eigenvalue weighted by atomic mass is 35.5. The van der Waals surface area contributed by atoms with E-state index in [1.54, 1.807) is 24.3 Å². The Hall–Kier alpha value is -3.76. The van der Waals surface area contributed by atoms with Crippen LogP contribution in [-0.4, -0.2) is 59.6 Å². The van der Waals surface area contributed by atoms with Gasteiger partial charge in [-0.1, -0.05) is 17.7 Å². The van der Waals surface area contributed by atoms with Gasteiger partial charge < -0.3 is 20.1 Å². The minimum Gasteiger partial charge on any atom is -0.491 e. The first-order chi connectivity index (χ1) is 20.4. The fourth-order valence-corrected chi connectivity index (χ4v) is 5.71. The molecule has 0 bridgehead atoms. The van der Waals surface area contributed by atoms with Crippen molar-refractivity contribution < 1.29 is 23.5 Å². The Kier molecular flexibility index (Phi) is 8.53. The molecule has 1 saturated carbocycles. The summed E-state index contributed by atoms with van der Waals surface area (Å²) in [7, 11) is 0. The Bertz CT molecular complexity index is 1510. The molecule has 11 heteroatoms. The Morgan fingerprint density at radius 1 is 1.14 bits per heavy atom.